The predicted octanol–water partition coefficient (Wildman–Crippen LogP) is 0.811. The fraction of sp³-hybridized carbons (Fsp3) is 1.00. The number of ether oxygens (including phenoxy) is 2. The molecule has 0 radical (unpaired) electrons. The molecule has 2 N–H and O–H groups in total. The lowest BCUT2D eigenvalue weighted by molar-refractivity contribution is 0.198. The fourth-order valence-corrected chi connectivity index (χ4v) is 1.02. The summed E-state index contributed by atoms with van der Waals surface area (Å²) in [6.07, 6.45) is 5.11. The normalized spacial score (nSPS) is 18.0. The Labute approximate surface area is 86.8 Å². The molecule has 0 aliphatic carbocycles. The van der Waals surface area contributed by atoms with E-state index in [-0.39, 0.29) is 0 Å². The van der Waals surface area contributed by atoms with Gasteiger partial charge in [-0.15, -0.1) is 0 Å². The first-order chi connectivity index (χ1) is 7.00. The Hall–Kier alpha value is -0.160. The van der Waals surface area contributed by atoms with E-state index in [2.05, 4.69) is 0 Å². The van der Waals surface area contributed by atoms with Crippen LogP contribution in [0.3, 0.4) is 0 Å². The monoisotopic (exact) mass is 208 g/mol. The van der Waals surface area contributed by atoms with Crippen LogP contribution in [0.1, 0.15) is 25.7 Å². The Morgan fingerprint density at radius 3 is 0.857 bits per heavy atom. The lowest BCUT2D eigenvalue weighted by Gasteiger charge is -1.76. The quantitative estimate of drug-likeness (QED) is 0.618. The molecular weight excluding hydrogens is 184 g/mol. The summed E-state index contributed by atoms with van der Waals surface area (Å²) in [6, 6.07) is 0. The van der Waals surface area contributed by atoms with Gasteiger partial charge in [0.1, 0.15) is 0 Å². The first-order valence-electron chi connectivity index (χ1n) is 5.05. The number of rotatable bonds is 0. The van der Waals surface area contributed by atoms with Gasteiger partial charge in [0.2, 0.25) is 0 Å². The van der Waals surface area contributed by atoms with Gasteiger partial charge in [-0.3, -0.25) is 0 Å². The van der Waals surface area contributed by atoms with Crippen molar-refractivity contribution in [2.75, 3.05) is 40.6 Å². The molecule has 0 aromatic heterocycles. The van der Waals surface area contributed by atoms with Crippen molar-refractivity contribution in [3.05, 3.63) is 0 Å². The summed E-state index contributed by atoms with van der Waals surface area (Å²) in [7, 11) is 2.00. The number of aliphatic hydroxyl groups is 2. The Morgan fingerprint density at radius 1 is 0.571 bits per heavy atom. The van der Waals surface area contributed by atoms with E-state index < -0.39 is 0 Å². The maximum atomic E-state index is 7.00. The van der Waals surface area contributed by atoms with Crippen LogP contribution >= 0.6 is 0 Å². The minimum Gasteiger partial charge on any atom is -0.400 e. The van der Waals surface area contributed by atoms with Crippen LogP contribution in [0.2, 0.25) is 0 Å². The van der Waals surface area contributed by atoms with Crippen LogP contribution in [0.25, 0.3) is 0 Å². The Balaban J connectivity index is 0. The highest BCUT2D eigenvalue weighted by Gasteiger charge is 1.95. The highest BCUT2D eigenvalue weighted by molar-refractivity contribution is 4.44. The third-order valence-corrected chi connectivity index (χ3v) is 1.65. The maximum absolute atomic E-state index is 7.00. The van der Waals surface area contributed by atoms with Crippen molar-refractivity contribution in [1.29, 1.82) is 0 Å². The summed E-state index contributed by atoms with van der Waals surface area (Å²) in [5.74, 6) is 0. The van der Waals surface area contributed by atoms with Gasteiger partial charge in [0.15, 0.2) is 0 Å². The molecule has 0 unspecified atom stereocenters. The smallest absolute Gasteiger partial charge is 0.0466 e. The van der Waals surface area contributed by atoms with Gasteiger partial charge in [-0.2, -0.15) is 0 Å². The minimum absolute atomic E-state index is 1.00. The van der Waals surface area contributed by atoms with Crippen LogP contribution in [0.15, 0.2) is 0 Å². The van der Waals surface area contributed by atoms with Gasteiger partial charge in [-0.1, -0.05) is 0 Å². The molecule has 2 heterocycles. The molecule has 0 spiro atoms. The molecule has 4 heteroatoms. The zero-order valence-corrected chi connectivity index (χ0v) is 9.37. The van der Waals surface area contributed by atoms with Gasteiger partial charge in [-0.25, -0.2) is 0 Å². The van der Waals surface area contributed by atoms with Crippen molar-refractivity contribution in [3.8, 4) is 0 Å². The molecule has 88 valence electrons. The zero-order chi connectivity index (χ0) is 11.1. The molecule has 2 fully saturated rings. The van der Waals surface area contributed by atoms with E-state index in [0.717, 1.165) is 40.6 Å². The lowest BCUT2D eigenvalue weighted by Crippen LogP contribution is -1.74. The topological polar surface area (TPSA) is 58.9 Å². The Morgan fingerprint density at radius 2 is 0.786 bits per heavy atom. The highest BCUT2D eigenvalue weighted by Crippen LogP contribution is 1.98. The summed E-state index contributed by atoms with van der Waals surface area (Å²) in [5.41, 5.74) is 0. The molecule has 0 bridgehead atoms. The summed E-state index contributed by atoms with van der Waals surface area (Å²) in [5, 5.41) is 14.0. The summed E-state index contributed by atoms with van der Waals surface area (Å²) < 4.78 is 9.89. The highest BCUT2D eigenvalue weighted by atomic mass is 16.5. The van der Waals surface area contributed by atoms with Crippen molar-refractivity contribution >= 4 is 0 Å². The van der Waals surface area contributed by atoms with E-state index in [1.165, 1.54) is 25.7 Å². The first kappa shape index (κ1) is 16.3. The van der Waals surface area contributed by atoms with E-state index in [1.54, 1.807) is 0 Å². The predicted molar refractivity (Wildman–Crippen MR) is 56.4 cm³/mol. The van der Waals surface area contributed by atoms with Gasteiger partial charge < -0.3 is 19.7 Å². The second-order valence-electron chi connectivity index (χ2n) is 2.64. The molecule has 4 nitrogen and oxygen atoms in total. The molecule has 2 rings (SSSR count). The van der Waals surface area contributed by atoms with Crippen LogP contribution in [0, 0.1) is 0 Å². The lowest BCUT2D eigenvalue weighted by atomic mass is 10.4. The maximum Gasteiger partial charge on any atom is 0.0466 e. The van der Waals surface area contributed by atoms with E-state index >= 15 is 0 Å². The average molecular weight is 208 g/mol. The van der Waals surface area contributed by atoms with Crippen LogP contribution in [0.4, 0.5) is 0 Å². The van der Waals surface area contributed by atoms with Crippen molar-refractivity contribution in [1.82, 2.24) is 0 Å². The minimum atomic E-state index is 1.00. The molecule has 2 aliphatic heterocycles. The van der Waals surface area contributed by atoms with Crippen LogP contribution < -0.4 is 0 Å². The molecular formula is C10H24O4. The van der Waals surface area contributed by atoms with Gasteiger partial charge >= 0.3 is 0 Å². The number of hydrogen-bond acceptors (Lipinski definition) is 4. The molecule has 0 atom stereocenters. The molecule has 0 saturated carbocycles. The fourth-order valence-electron chi connectivity index (χ4n) is 1.02. The summed E-state index contributed by atoms with van der Waals surface area (Å²) in [6.45, 7) is 4.00. The summed E-state index contributed by atoms with van der Waals surface area (Å²) >= 11 is 0. The molecule has 14 heavy (non-hydrogen) atoms. The second kappa shape index (κ2) is 18.6. The third-order valence-electron chi connectivity index (χ3n) is 1.65. The average Bonchev–Trinajstić information content (AvgIpc) is 3.01. The van der Waals surface area contributed by atoms with Gasteiger partial charge in [0.25, 0.3) is 0 Å². The van der Waals surface area contributed by atoms with Crippen molar-refractivity contribution in [2.45, 2.75) is 25.7 Å². The van der Waals surface area contributed by atoms with Crippen molar-refractivity contribution in [3.63, 3.8) is 0 Å². The van der Waals surface area contributed by atoms with E-state index in [4.69, 9.17) is 19.7 Å². The standard InChI is InChI=1S/2C4H8O.2CH4O/c2*1-2-4-5-3-1;2*1-2/h2*1-4H2;2*2H,1H3. The van der Waals surface area contributed by atoms with Gasteiger partial charge in [0, 0.05) is 40.6 Å². The van der Waals surface area contributed by atoms with E-state index in [9.17, 15) is 0 Å². The molecule has 0 aromatic rings. The van der Waals surface area contributed by atoms with Crippen LogP contribution in [0.5, 0.6) is 0 Å². The summed E-state index contributed by atoms with van der Waals surface area (Å²) in [4.78, 5) is 0. The van der Waals surface area contributed by atoms with Crippen LogP contribution in [-0.4, -0.2) is 50.9 Å². The SMILES string of the molecule is C1CCOC1.C1CCOC1.CO.CO. The van der Waals surface area contributed by atoms with Crippen molar-refractivity contribution < 1.29 is 19.7 Å². The second-order valence-corrected chi connectivity index (χ2v) is 2.64. The molecule has 0 amide bonds. The Bertz CT molecular complexity index is 45.3. The number of hydrogen-bond donors (Lipinski definition) is 2. The molecule has 2 saturated heterocycles. The Kier molecular flexibility index (Phi) is 21.6. The van der Waals surface area contributed by atoms with E-state index in [1.807, 2.05) is 0 Å². The van der Waals surface area contributed by atoms with Crippen LogP contribution in [-0.2, 0) is 9.47 Å². The largest absolute Gasteiger partial charge is 0.400 e. The van der Waals surface area contributed by atoms with E-state index in [0.29, 0.717) is 0 Å². The van der Waals surface area contributed by atoms with Gasteiger partial charge in [0.05, 0.1) is 0 Å². The third kappa shape index (κ3) is 14.4. The first-order valence-corrected chi connectivity index (χ1v) is 5.05. The number of aliphatic hydroxyl groups excluding tert-OH is 2. The zero-order valence-electron chi connectivity index (χ0n) is 9.37. The molecule has 0 aromatic carbocycles. The molecule has 2 aliphatic rings. The van der Waals surface area contributed by atoms with Crippen molar-refractivity contribution in [2.24, 2.45) is 0 Å². The van der Waals surface area contributed by atoms with Gasteiger partial charge in [-0.05, 0) is 25.7 Å².